The monoisotopic (exact) mass is 273 g/mol. The maximum Gasteiger partial charge on any atom is 0.315 e. The Morgan fingerprint density at radius 1 is 1.10 bits per heavy atom. The van der Waals surface area contributed by atoms with Crippen molar-refractivity contribution >= 4 is 6.03 Å². The summed E-state index contributed by atoms with van der Waals surface area (Å²) in [6, 6.07) is 9.81. The van der Waals surface area contributed by atoms with E-state index in [-0.39, 0.29) is 11.8 Å². The third-order valence-electron chi connectivity index (χ3n) is 2.79. The van der Waals surface area contributed by atoms with Crippen LogP contribution in [0.25, 0.3) is 0 Å². The number of amides is 2. The molecule has 2 amide bonds. The maximum atomic E-state index is 13.0. The topological polar surface area (TPSA) is 54.0 Å². The zero-order valence-electron chi connectivity index (χ0n) is 11.0. The van der Waals surface area contributed by atoms with Gasteiger partial charge in [-0.1, -0.05) is 12.1 Å². The first-order valence-electron chi connectivity index (χ1n) is 6.39. The van der Waals surface area contributed by atoms with E-state index in [2.05, 4.69) is 15.6 Å². The lowest BCUT2D eigenvalue weighted by Gasteiger charge is -2.07. The van der Waals surface area contributed by atoms with Gasteiger partial charge in [0.2, 0.25) is 0 Å². The van der Waals surface area contributed by atoms with Crippen LogP contribution in [0, 0.1) is 5.82 Å². The van der Waals surface area contributed by atoms with Gasteiger partial charge < -0.3 is 10.6 Å². The van der Waals surface area contributed by atoms with Gasteiger partial charge in [0, 0.05) is 25.5 Å². The lowest BCUT2D eigenvalue weighted by atomic mass is 10.1. The van der Waals surface area contributed by atoms with Gasteiger partial charge >= 0.3 is 6.03 Å². The van der Waals surface area contributed by atoms with E-state index in [0.29, 0.717) is 19.5 Å². The lowest BCUT2D eigenvalue weighted by Crippen LogP contribution is -2.36. The van der Waals surface area contributed by atoms with Crippen molar-refractivity contribution in [3.05, 3.63) is 65.7 Å². The molecule has 0 saturated heterocycles. The van der Waals surface area contributed by atoms with Crippen LogP contribution in [0.3, 0.4) is 0 Å². The molecule has 0 radical (unpaired) electrons. The van der Waals surface area contributed by atoms with Crippen LogP contribution >= 0.6 is 0 Å². The number of nitrogens with zero attached hydrogens (tertiary/aromatic N) is 1. The summed E-state index contributed by atoms with van der Waals surface area (Å²) < 4.78 is 13.0. The van der Waals surface area contributed by atoms with Crippen LogP contribution in [-0.4, -0.2) is 17.6 Å². The molecule has 0 aliphatic carbocycles. The molecule has 0 aliphatic rings. The average Bonchev–Trinajstić information content (AvgIpc) is 2.46. The van der Waals surface area contributed by atoms with Crippen LogP contribution in [0.4, 0.5) is 9.18 Å². The summed E-state index contributed by atoms with van der Waals surface area (Å²) in [5, 5.41) is 5.48. The van der Waals surface area contributed by atoms with E-state index in [9.17, 15) is 9.18 Å². The van der Waals surface area contributed by atoms with Crippen LogP contribution in [0.15, 0.2) is 48.8 Å². The molecule has 0 aliphatic heterocycles. The average molecular weight is 273 g/mol. The number of pyridine rings is 1. The fourth-order valence-electron chi connectivity index (χ4n) is 1.76. The Morgan fingerprint density at radius 3 is 2.65 bits per heavy atom. The Labute approximate surface area is 117 Å². The summed E-state index contributed by atoms with van der Waals surface area (Å²) in [4.78, 5) is 15.5. The molecule has 0 atom stereocenters. The van der Waals surface area contributed by atoms with Gasteiger partial charge in [-0.15, -0.1) is 0 Å². The maximum absolute atomic E-state index is 13.0. The number of halogens is 1. The first-order valence-corrected chi connectivity index (χ1v) is 6.39. The Balaban J connectivity index is 1.68. The molecular formula is C15H16FN3O. The third-order valence-corrected chi connectivity index (χ3v) is 2.79. The quantitative estimate of drug-likeness (QED) is 0.878. The molecule has 0 bridgehead atoms. The van der Waals surface area contributed by atoms with E-state index in [0.717, 1.165) is 11.1 Å². The molecule has 1 aromatic carbocycles. The van der Waals surface area contributed by atoms with Gasteiger partial charge in [-0.2, -0.15) is 0 Å². The minimum atomic E-state index is -0.260. The van der Waals surface area contributed by atoms with Crippen LogP contribution in [-0.2, 0) is 13.0 Å². The summed E-state index contributed by atoms with van der Waals surface area (Å²) in [6.07, 6.45) is 3.96. The number of urea groups is 1. The van der Waals surface area contributed by atoms with Crippen LogP contribution < -0.4 is 10.6 Å². The van der Waals surface area contributed by atoms with Gasteiger partial charge in [-0.05, 0) is 41.8 Å². The van der Waals surface area contributed by atoms with Crippen molar-refractivity contribution in [1.82, 2.24) is 15.6 Å². The van der Waals surface area contributed by atoms with Crippen molar-refractivity contribution in [2.24, 2.45) is 0 Å². The SMILES string of the molecule is O=C(NCCc1cccc(F)c1)NCc1ccncc1. The molecule has 0 saturated carbocycles. The summed E-state index contributed by atoms with van der Waals surface area (Å²) in [6.45, 7) is 0.917. The first kappa shape index (κ1) is 14.0. The van der Waals surface area contributed by atoms with Gasteiger partial charge in [0.1, 0.15) is 5.82 Å². The predicted molar refractivity (Wildman–Crippen MR) is 74.6 cm³/mol. The third kappa shape index (κ3) is 4.68. The van der Waals surface area contributed by atoms with Gasteiger partial charge in [-0.25, -0.2) is 9.18 Å². The van der Waals surface area contributed by atoms with E-state index in [1.807, 2.05) is 18.2 Å². The zero-order chi connectivity index (χ0) is 14.2. The molecule has 5 heteroatoms. The Hall–Kier alpha value is -2.43. The highest BCUT2D eigenvalue weighted by atomic mass is 19.1. The predicted octanol–water partition coefficient (Wildman–Crippen LogP) is 2.26. The second-order valence-corrected chi connectivity index (χ2v) is 4.34. The van der Waals surface area contributed by atoms with Crippen molar-refractivity contribution in [1.29, 1.82) is 0 Å². The molecule has 4 nitrogen and oxygen atoms in total. The van der Waals surface area contributed by atoms with Crippen molar-refractivity contribution in [2.75, 3.05) is 6.54 Å². The van der Waals surface area contributed by atoms with Gasteiger partial charge in [0.15, 0.2) is 0 Å². The number of rotatable bonds is 5. The smallest absolute Gasteiger partial charge is 0.315 e. The fraction of sp³-hybridized carbons (Fsp3) is 0.200. The van der Waals surface area contributed by atoms with Crippen molar-refractivity contribution in [3.8, 4) is 0 Å². The highest BCUT2D eigenvalue weighted by Gasteiger charge is 2.00. The summed E-state index contributed by atoms with van der Waals surface area (Å²) in [5.74, 6) is -0.260. The van der Waals surface area contributed by atoms with E-state index >= 15 is 0 Å². The Morgan fingerprint density at radius 2 is 1.90 bits per heavy atom. The summed E-state index contributed by atoms with van der Waals surface area (Å²) in [7, 11) is 0. The minimum Gasteiger partial charge on any atom is -0.338 e. The number of hydrogen-bond acceptors (Lipinski definition) is 2. The van der Waals surface area contributed by atoms with Gasteiger partial charge in [-0.3, -0.25) is 4.98 Å². The number of benzene rings is 1. The molecule has 1 aromatic heterocycles. The molecule has 20 heavy (non-hydrogen) atoms. The van der Waals surface area contributed by atoms with Crippen LogP contribution in [0.1, 0.15) is 11.1 Å². The Kier molecular flexibility index (Phi) is 5.06. The highest BCUT2D eigenvalue weighted by molar-refractivity contribution is 5.73. The van der Waals surface area contributed by atoms with E-state index < -0.39 is 0 Å². The molecule has 0 spiro atoms. The van der Waals surface area contributed by atoms with E-state index in [1.54, 1.807) is 18.5 Å². The largest absolute Gasteiger partial charge is 0.338 e. The molecule has 0 unspecified atom stereocenters. The van der Waals surface area contributed by atoms with Crippen molar-refractivity contribution < 1.29 is 9.18 Å². The first-order chi connectivity index (χ1) is 9.74. The molecular weight excluding hydrogens is 257 g/mol. The van der Waals surface area contributed by atoms with Crippen molar-refractivity contribution in [3.63, 3.8) is 0 Å². The second kappa shape index (κ2) is 7.23. The molecule has 2 rings (SSSR count). The molecule has 104 valence electrons. The summed E-state index contributed by atoms with van der Waals surface area (Å²) in [5.41, 5.74) is 1.85. The zero-order valence-corrected chi connectivity index (χ0v) is 11.0. The minimum absolute atomic E-state index is 0.238. The van der Waals surface area contributed by atoms with Crippen LogP contribution in [0.2, 0.25) is 0 Å². The standard InChI is InChI=1S/C15H16FN3O/c16-14-3-1-2-12(10-14)6-9-18-15(20)19-11-13-4-7-17-8-5-13/h1-5,7-8,10H,6,9,11H2,(H2,18,19,20). The van der Waals surface area contributed by atoms with Crippen LogP contribution in [0.5, 0.6) is 0 Å². The normalized spacial score (nSPS) is 10.1. The number of aromatic nitrogens is 1. The molecule has 0 fully saturated rings. The van der Waals surface area contributed by atoms with Gasteiger partial charge in [0.25, 0.3) is 0 Å². The lowest BCUT2D eigenvalue weighted by molar-refractivity contribution is 0.240. The Bertz CT molecular complexity index is 560. The fourth-order valence-corrected chi connectivity index (χ4v) is 1.76. The van der Waals surface area contributed by atoms with E-state index in [1.165, 1.54) is 12.1 Å². The van der Waals surface area contributed by atoms with E-state index in [4.69, 9.17) is 0 Å². The number of carbonyl (C=O) groups excluding carboxylic acids is 1. The summed E-state index contributed by atoms with van der Waals surface area (Å²) >= 11 is 0. The highest BCUT2D eigenvalue weighted by Crippen LogP contribution is 2.03. The van der Waals surface area contributed by atoms with Gasteiger partial charge in [0.05, 0.1) is 0 Å². The van der Waals surface area contributed by atoms with Crippen molar-refractivity contribution in [2.45, 2.75) is 13.0 Å². The number of nitrogens with one attached hydrogen (secondary N) is 2. The molecule has 2 N–H and O–H groups in total. The number of hydrogen-bond donors (Lipinski definition) is 2. The second-order valence-electron chi connectivity index (χ2n) is 4.34. The molecule has 1 heterocycles. The molecule has 2 aromatic rings. The number of carbonyl (C=O) groups is 1.